The molecule has 0 atom stereocenters. The van der Waals surface area contributed by atoms with Gasteiger partial charge in [0.2, 0.25) is 0 Å². The normalized spacial score (nSPS) is 6.76. The van der Waals surface area contributed by atoms with E-state index in [0.29, 0.717) is 0 Å². The summed E-state index contributed by atoms with van der Waals surface area (Å²) >= 11 is 0. The molecule has 0 heterocycles. The Balaban J connectivity index is -0.0000000369. The van der Waals surface area contributed by atoms with Crippen LogP contribution in [0.25, 0.3) is 0 Å². The zero-order valence-corrected chi connectivity index (χ0v) is 16.0. The zero-order chi connectivity index (χ0) is 13.7. The van der Waals surface area contributed by atoms with Crippen LogP contribution in [-0.4, -0.2) is 35.6 Å². The van der Waals surface area contributed by atoms with Gasteiger partial charge in [-0.15, -0.1) is 6.58 Å². The van der Waals surface area contributed by atoms with Crippen molar-refractivity contribution >= 4 is 23.9 Å². The Hall–Kier alpha value is 0.499. The van der Waals surface area contributed by atoms with Crippen LogP contribution >= 0.6 is 0 Å². The molecule has 4 radical (unpaired) electrons. The van der Waals surface area contributed by atoms with Gasteiger partial charge in [-0.05, 0) is 0 Å². The first kappa shape index (κ1) is 30.5. The maximum atomic E-state index is 7.76. The minimum absolute atomic E-state index is 0. The summed E-state index contributed by atoms with van der Waals surface area (Å²) in [6.45, 7) is 16.4. The van der Waals surface area contributed by atoms with Gasteiger partial charge < -0.3 is 5.11 Å². The van der Waals surface area contributed by atoms with E-state index in [4.69, 9.17) is 5.11 Å². The van der Waals surface area contributed by atoms with Gasteiger partial charge in [-0.3, -0.25) is 0 Å². The number of unbranched alkanes of at least 4 members (excludes halogenated alkanes) is 3. The molecule has 0 rings (SSSR count). The Morgan fingerprint density at radius 3 is 0.824 bits per heavy atom. The molecule has 0 amide bonds. The van der Waals surface area contributed by atoms with Gasteiger partial charge in [0.1, 0.15) is 0 Å². The average Bonchev–Trinajstić information content (AvgIpc) is 2.39. The topological polar surface area (TPSA) is 20.2 Å². The monoisotopic (exact) mass is 352 g/mol. The van der Waals surface area contributed by atoms with Crippen molar-refractivity contribution < 1.29 is 5.11 Å². The van der Waals surface area contributed by atoms with Crippen molar-refractivity contribution in [2.24, 2.45) is 0 Å². The van der Waals surface area contributed by atoms with Crippen molar-refractivity contribution in [3.05, 3.63) is 12.7 Å². The molecule has 0 saturated heterocycles. The molecule has 0 aromatic heterocycles. The predicted molar refractivity (Wildman–Crippen MR) is 84.8 cm³/mol. The second-order valence-corrected chi connectivity index (χ2v) is 3.47. The smallest absolute Gasteiger partial charge is 0.0609 e. The third kappa shape index (κ3) is 171. The molecule has 0 saturated carbocycles. The van der Waals surface area contributed by atoms with Gasteiger partial charge in [0, 0.05) is 23.9 Å². The van der Waals surface area contributed by atoms with E-state index in [-0.39, 0.29) is 30.5 Å². The van der Waals surface area contributed by atoms with Crippen molar-refractivity contribution in [1.29, 1.82) is 0 Å². The zero-order valence-electron chi connectivity index (χ0n) is 13.2. The second kappa shape index (κ2) is 54.9. The van der Waals surface area contributed by atoms with Crippen molar-refractivity contribution in [3.8, 4) is 0 Å². The van der Waals surface area contributed by atoms with Crippen LogP contribution in [0.2, 0.25) is 0 Å². The maximum absolute atomic E-state index is 7.76. The maximum Gasteiger partial charge on any atom is 0.0609 e. The molecule has 1 nitrogen and oxygen atoms in total. The Morgan fingerprint density at radius 1 is 0.706 bits per heavy atom. The fraction of sp³-hybridized carbons (Fsp3) is 0.867. The van der Waals surface area contributed by atoms with Crippen molar-refractivity contribution in [1.82, 2.24) is 0 Å². The second-order valence-electron chi connectivity index (χ2n) is 3.47. The number of aliphatic hydroxyl groups excluding tert-OH is 1. The SMILES string of the molecule is C=CCO.CCCC.CCCC.CCCC.[Sn]. The quantitative estimate of drug-likeness (QED) is 0.545. The Labute approximate surface area is 128 Å². The van der Waals surface area contributed by atoms with E-state index in [9.17, 15) is 0 Å². The standard InChI is InChI=1S/3C4H10.C3H6O.Sn/c3*1-3-4-2;1-2-3-4;/h3*3-4H2,1-2H3;2,4H,1,3H2;. The van der Waals surface area contributed by atoms with Gasteiger partial charge in [-0.2, -0.15) is 0 Å². The molecule has 106 valence electrons. The van der Waals surface area contributed by atoms with Crippen molar-refractivity contribution in [3.63, 3.8) is 0 Å². The van der Waals surface area contributed by atoms with Gasteiger partial charge in [-0.25, -0.2) is 0 Å². The third-order valence-electron chi connectivity index (χ3n) is 1.63. The fourth-order valence-electron chi connectivity index (χ4n) is 0. The molecule has 0 spiro atoms. The molecule has 0 unspecified atom stereocenters. The van der Waals surface area contributed by atoms with E-state index < -0.39 is 0 Å². The van der Waals surface area contributed by atoms with Gasteiger partial charge >= 0.3 is 0 Å². The van der Waals surface area contributed by atoms with E-state index in [1.54, 1.807) is 0 Å². The van der Waals surface area contributed by atoms with Crippen LogP contribution in [0.1, 0.15) is 80.1 Å². The van der Waals surface area contributed by atoms with Crippen LogP contribution in [0, 0.1) is 0 Å². The molecular weight excluding hydrogens is 315 g/mol. The van der Waals surface area contributed by atoms with Crippen LogP contribution in [0.4, 0.5) is 0 Å². The molecule has 2 heteroatoms. The number of aliphatic hydroxyl groups is 1. The summed E-state index contributed by atoms with van der Waals surface area (Å²) in [6, 6.07) is 0. The van der Waals surface area contributed by atoms with Gasteiger partial charge in [0.25, 0.3) is 0 Å². The summed E-state index contributed by atoms with van der Waals surface area (Å²) in [5.41, 5.74) is 0. The van der Waals surface area contributed by atoms with E-state index in [1.165, 1.54) is 44.6 Å². The Morgan fingerprint density at radius 2 is 0.824 bits per heavy atom. The molecular formula is C15H36OSn. The van der Waals surface area contributed by atoms with Crippen LogP contribution in [0.5, 0.6) is 0 Å². The van der Waals surface area contributed by atoms with E-state index >= 15 is 0 Å². The van der Waals surface area contributed by atoms with Gasteiger partial charge in [-0.1, -0.05) is 86.1 Å². The van der Waals surface area contributed by atoms with Crippen molar-refractivity contribution in [2.45, 2.75) is 80.1 Å². The molecule has 0 aliphatic carbocycles. The summed E-state index contributed by atoms with van der Waals surface area (Å²) in [7, 11) is 0. The largest absolute Gasteiger partial charge is 0.392 e. The third-order valence-corrected chi connectivity index (χ3v) is 1.63. The fourth-order valence-corrected chi connectivity index (χ4v) is 0. The molecule has 0 fully saturated rings. The number of hydrogen-bond donors (Lipinski definition) is 1. The van der Waals surface area contributed by atoms with Crippen molar-refractivity contribution in [2.75, 3.05) is 6.61 Å². The van der Waals surface area contributed by atoms with E-state index in [1.807, 2.05) is 0 Å². The van der Waals surface area contributed by atoms with Crippen LogP contribution < -0.4 is 0 Å². The minimum Gasteiger partial charge on any atom is -0.392 e. The van der Waals surface area contributed by atoms with Crippen LogP contribution in [0.3, 0.4) is 0 Å². The first-order valence-corrected chi connectivity index (χ1v) is 6.88. The molecule has 0 aromatic rings. The molecule has 0 bridgehead atoms. The Bertz CT molecular complexity index is 59.8. The summed E-state index contributed by atoms with van der Waals surface area (Å²) in [4.78, 5) is 0. The minimum atomic E-state index is 0. The van der Waals surface area contributed by atoms with Crippen LogP contribution in [0.15, 0.2) is 12.7 Å². The summed E-state index contributed by atoms with van der Waals surface area (Å²) in [5, 5.41) is 7.76. The van der Waals surface area contributed by atoms with Crippen LogP contribution in [-0.2, 0) is 0 Å². The molecule has 17 heavy (non-hydrogen) atoms. The van der Waals surface area contributed by atoms with Gasteiger partial charge in [0.15, 0.2) is 0 Å². The van der Waals surface area contributed by atoms with E-state index in [0.717, 1.165) is 0 Å². The molecule has 0 aliphatic heterocycles. The first-order chi connectivity index (χ1) is 7.66. The predicted octanol–water partition coefficient (Wildman–Crippen LogP) is 5.20. The summed E-state index contributed by atoms with van der Waals surface area (Å²) in [5.74, 6) is 0. The summed E-state index contributed by atoms with van der Waals surface area (Å²) in [6.07, 6.45) is 9.35. The summed E-state index contributed by atoms with van der Waals surface area (Å²) < 4.78 is 0. The van der Waals surface area contributed by atoms with Gasteiger partial charge in [0.05, 0.1) is 6.61 Å². The average molecular weight is 351 g/mol. The first-order valence-electron chi connectivity index (χ1n) is 6.88. The number of rotatable bonds is 4. The molecule has 1 N–H and O–H groups in total. The molecule has 0 aromatic carbocycles. The Kier molecular flexibility index (Phi) is 98.4. The number of hydrogen-bond acceptors (Lipinski definition) is 1. The molecule has 0 aliphatic rings. The van der Waals surface area contributed by atoms with E-state index in [2.05, 4.69) is 48.1 Å².